The van der Waals surface area contributed by atoms with Gasteiger partial charge in [-0.25, -0.2) is 4.39 Å². The van der Waals surface area contributed by atoms with E-state index < -0.39 is 5.82 Å². The average Bonchev–Trinajstić information content (AvgIpc) is 2.34. The molecule has 0 aliphatic carbocycles. The van der Waals surface area contributed by atoms with Crippen LogP contribution in [0.1, 0.15) is 31.7 Å². The molecule has 2 rings (SSSR count). The first-order chi connectivity index (χ1) is 8.58. The number of phenols is 1. The zero-order valence-electron chi connectivity index (χ0n) is 10.8. The lowest BCUT2D eigenvalue weighted by Gasteiger charge is -2.38. The number of benzene rings is 1. The number of rotatable bonds is 3. The second-order valence-electron chi connectivity index (χ2n) is 5.18. The lowest BCUT2D eigenvalue weighted by molar-refractivity contribution is 0.123. The fourth-order valence-electron chi connectivity index (χ4n) is 2.69. The maximum absolute atomic E-state index is 13.3. The topological polar surface area (TPSA) is 49.5 Å². The third-order valence-corrected chi connectivity index (χ3v) is 3.67. The van der Waals surface area contributed by atoms with E-state index in [0.29, 0.717) is 12.6 Å². The van der Waals surface area contributed by atoms with Crippen molar-refractivity contribution in [3.63, 3.8) is 0 Å². The van der Waals surface area contributed by atoms with Gasteiger partial charge in [0.2, 0.25) is 0 Å². The third kappa shape index (κ3) is 3.00. The summed E-state index contributed by atoms with van der Waals surface area (Å²) in [5, 5.41) is 9.18. The molecule has 1 aromatic rings. The summed E-state index contributed by atoms with van der Waals surface area (Å²) in [6.07, 6.45) is 3.49. The van der Waals surface area contributed by atoms with Crippen LogP contribution < -0.4 is 5.73 Å². The van der Waals surface area contributed by atoms with Crippen LogP contribution in [0.25, 0.3) is 0 Å². The van der Waals surface area contributed by atoms with Gasteiger partial charge in [-0.1, -0.05) is 12.5 Å². The van der Waals surface area contributed by atoms with E-state index in [1.165, 1.54) is 25.0 Å². The summed E-state index contributed by atoms with van der Waals surface area (Å²) in [6, 6.07) is 5.09. The maximum Gasteiger partial charge on any atom is 0.165 e. The smallest absolute Gasteiger partial charge is 0.165 e. The van der Waals surface area contributed by atoms with Gasteiger partial charge in [0.1, 0.15) is 0 Å². The molecule has 100 valence electrons. The van der Waals surface area contributed by atoms with Gasteiger partial charge in [0.05, 0.1) is 0 Å². The molecule has 1 fully saturated rings. The minimum atomic E-state index is -0.554. The number of likely N-dealkylation sites (tertiary alicyclic amines) is 1. The maximum atomic E-state index is 13.3. The molecular formula is C14H21FN2O. The molecule has 4 heteroatoms. The number of halogens is 1. The minimum Gasteiger partial charge on any atom is -0.505 e. The highest BCUT2D eigenvalue weighted by Crippen LogP contribution is 2.23. The van der Waals surface area contributed by atoms with E-state index in [2.05, 4.69) is 4.90 Å². The Balaban J connectivity index is 2.08. The van der Waals surface area contributed by atoms with Crippen LogP contribution in [-0.4, -0.2) is 28.6 Å². The average molecular weight is 252 g/mol. The molecule has 2 unspecified atom stereocenters. The molecule has 0 saturated carbocycles. The van der Waals surface area contributed by atoms with Crippen molar-refractivity contribution in [1.29, 1.82) is 0 Å². The van der Waals surface area contributed by atoms with Crippen LogP contribution in [0.4, 0.5) is 4.39 Å². The summed E-state index contributed by atoms with van der Waals surface area (Å²) in [5.41, 5.74) is 6.90. The predicted molar refractivity (Wildman–Crippen MR) is 69.8 cm³/mol. The molecule has 0 aromatic heterocycles. The number of nitrogens with two attached hydrogens (primary N) is 1. The van der Waals surface area contributed by atoms with Crippen molar-refractivity contribution in [2.24, 2.45) is 5.73 Å². The molecule has 0 radical (unpaired) electrons. The Morgan fingerprint density at radius 3 is 2.94 bits per heavy atom. The summed E-state index contributed by atoms with van der Waals surface area (Å²) in [7, 11) is 0. The van der Waals surface area contributed by atoms with Crippen molar-refractivity contribution in [3.8, 4) is 5.75 Å². The highest BCUT2D eigenvalue weighted by Gasteiger charge is 2.25. The number of phenolic OH excluding ortho intramolecular Hbond substituents is 1. The van der Waals surface area contributed by atoms with Gasteiger partial charge in [-0.15, -0.1) is 0 Å². The van der Waals surface area contributed by atoms with Crippen LogP contribution in [0, 0.1) is 5.82 Å². The number of hydrogen-bond donors (Lipinski definition) is 2. The van der Waals surface area contributed by atoms with Crippen molar-refractivity contribution in [1.82, 2.24) is 4.90 Å². The van der Waals surface area contributed by atoms with Crippen molar-refractivity contribution >= 4 is 0 Å². The van der Waals surface area contributed by atoms with E-state index in [1.807, 2.05) is 6.92 Å². The van der Waals surface area contributed by atoms with Gasteiger partial charge in [-0.05, 0) is 44.0 Å². The Labute approximate surface area is 107 Å². The molecule has 1 heterocycles. The second-order valence-corrected chi connectivity index (χ2v) is 5.18. The minimum absolute atomic E-state index is 0.132. The van der Waals surface area contributed by atoms with E-state index in [1.54, 1.807) is 6.07 Å². The lowest BCUT2D eigenvalue weighted by Crippen LogP contribution is -2.48. The van der Waals surface area contributed by atoms with E-state index in [0.717, 1.165) is 18.5 Å². The highest BCUT2D eigenvalue weighted by molar-refractivity contribution is 5.28. The fraction of sp³-hybridized carbons (Fsp3) is 0.571. The van der Waals surface area contributed by atoms with Gasteiger partial charge in [0.15, 0.2) is 11.6 Å². The van der Waals surface area contributed by atoms with Crippen LogP contribution in [0.15, 0.2) is 18.2 Å². The summed E-state index contributed by atoms with van der Waals surface area (Å²) in [4.78, 5) is 2.32. The Morgan fingerprint density at radius 1 is 1.50 bits per heavy atom. The summed E-state index contributed by atoms with van der Waals surface area (Å²) < 4.78 is 13.3. The van der Waals surface area contributed by atoms with E-state index in [4.69, 9.17) is 5.73 Å². The van der Waals surface area contributed by atoms with Gasteiger partial charge in [-0.2, -0.15) is 0 Å². The molecule has 1 aromatic carbocycles. The van der Waals surface area contributed by atoms with Gasteiger partial charge in [0.25, 0.3) is 0 Å². The third-order valence-electron chi connectivity index (χ3n) is 3.67. The van der Waals surface area contributed by atoms with Crippen LogP contribution in [0.5, 0.6) is 5.75 Å². The fourth-order valence-corrected chi connectivity index (χ4v) is 2.69. The second kappa shape index (κ2) is 5.67. The largest absolute Gasteiger partial charge is 0.505 e. The summed E-state index contributed by atoms with van der Waals surface area (Å²) >= 11 is 0. The van der Waals surface area contributed by atoms with Crippen molar-refractivity contribution in [2.45, 2.75) is 44.8 Å². The van der Waals surface area contributed by atoms with E-state index >= 15 is 0 Å². The van der Waals surface area contributed by atoms with Gasteiger partial charge < -0.3 is 10.8 Å². The highest BCUT2D eigenvalue weighted by atomic mass is 19.1. The predicted octanol–water partition coefficient (Wildman–Crippen LogP) is 2.23. The molecule has 3 nitrogen and oxygen atoms in total. The quantitative estimate of drug-likeness (QED) is 0.867. The molecule has 1 aliphatic rings. The Kier molecular flexibility index (Phi) is 4.19. The SMILES string of the molecule is CC(N)C1CCCCN1Cc1ccc(O)c(F)c1. The number of piperidine rings is 1. The van der Waals surface area contributed by atoms with Crippen LogP contribution >= 0.6 is 0 Å². The zero-order chi connectivity index (χ0) is 13.1. The molecular weight excluding hydrogens is 231 g/mol. The van der Waals surface area contributed by atoms with Crippen molar-refractivity contribution < 1.29 is 9.50 Å². The molecule has 2 atom stereocenters. The summed E-state index contributed by atoms with van der Waals surface area (Å²) in [5.74, 6) is -0.844. The molecule has 1 aliphatic heterocycles. The Bertz CT molecular complexity index is 409. The lowest BCUT2D eigenvalue weighted by atomic mass is 9.96. The van der Waals surface area contributed by atoms with Gasteiger partial charge in [0, 0.05) is 18.6 Å². The first kappa shape index (κ1) is 13.3. The molecule has 1 saturated heterocycles. The van der Waals surface area contributed by atoms with Gasteiger partial charge in [-0.3, -0.25) is 4.90 Å². The molecule has 0 spiro atoms. The van der Waals surface area contributed by atoms with E-state index in [9.17, 15) is 9.50 Å². The van der Waals surface area contributed by atoms with Crippen LogP contribution in [0.2, 0.25) is 0 Å². The normalized spacial score (nSPS) is 22.9. The zero-order valence-corrected chi connectivity index (χ0v) is 10.8. The molecule has 18 heavy (non-hydrogen) atoms. The molecule has 3 N–H and O–H groups in total. The number of hydrogen-bond acceptors (Lipinski definition) is 3. The van der Waals surface area contributed by atoms with Crippen LogP contribution in [0.3, 0.4) is 0 Å². The number of nitrogens with zero attached hydrogens (tertiary/aromatic N) is 1. The molecule has 0 bridgehead atoms. The van der Waals surface area contributed by atoms with Gasteiger partial charge >= 0.3 is 0 Å². The van der Waals surface area contributed by atoms with E-state index in [-0.39, 0.29) is 11.8 Å². The summed E-state index contributed by atoms with van der Waals surface area (Å²) in [6.45, 7) is 3.73. The Morgan fingerprint density at radius 2 is 2.28 bits per heavy atom. The molecule has 0 amide bonds. The Hall–Kier alpha value is -1.13. The first-order valence-electron chi connectivity index (χ1n) is 6.55. The monoisotopic (exact) mass is 252 g/mol. The van der Waals surface area contributed by atoms with Crippen molar-refractivity contribution in [2.75, 3.05) is 6.54 Å². The first-order valence-corrected chi connectivity index (χ1v) is 6.55. The standard InChI is InChI=1S/C14H21FN2O/c1-10(16)13-4-2-3-7-17(13)9-11-5-6-14(18)12(15)8-11/h5-6,8,10,13,18H,2-4,7,9,16H2,1H3. The van der Waals surface area contributed by atoms with Crippen molar-refractivity contribution in [3.05, 3.63) is 29.6 Å². The van der Waals surface area contributed by atoms with Crippen LogP contribution in [-0.2, 0) is 6.54 Å². The number of aromatic hydroxyl groups is 1.